The Morgan fingerprint density at radius 3 is 1.78 bits per heavy atom. The topological polar surface area (TPSA) is 102 Å². The summed E-state index contributed by atoms with van der Waals surface area (Å²) in [4.78, 5) is 23.2. The molecule has 5 rings (SSSR count). The molecule has 0 amide bonds. The highest BCUT2D eigenvalue weighted by Crippen LogP contribution is 2.28. The number of nitrogens with zero attached hydrogens (tertiary/aromatic N) is 6. The van der Waals surface area contributed by atoms with Crippen molar-refractivity contribution in [2.24, 2.45) is 0 Å². The second-order valence-corrected chi connectivity index (χ2v) is 10.7. The number of halogens is 4. The van der Waals surface area contributed by atoms with Crippen molar-refractivity contribution >= 4 is 5.78 Å². The Labute approximate surface area is 263 Å². The maximum absolute atomic E-state index is 13.2. The molecule has 46 heavy (non-hydrogen) atoms. The van der Waals surface area contributed by atoms with Crippen LogP contribution in [0.4, 0.5) is 17.6 Å². The average Bonchev–Trinajstić information content (AvgIpc) is 3.58. The standard InChI is InChI=1S/C18H16F2N2O.C16H15F2N5/c1-18(19,20)15-7-4-13(5-8-15)3-6-14-11-22-10-9-16(14)17(23)12-21-2;1-16(17,18)13-6-3-11(4-7-13)2-5-12-10-19-9-8-14(12)15-20-22-23-21-15/h4-5,7-11H,3,6,12H2,1H3;3-4,6-10H,2,5H2,1H3,(H,20,21,22,23). The summed E-state index contributed by atoms with van der Waals surface area (Å²) in [7, 11) is 0. The van der Waals surface area contributed by atoms with Gasteiger partial charge in [-0.25, -0.2) is 24.1 Å². The highest BCUT2D eigenvalue weighted by Gasteiger charge is 2.24. The van der Waals surface area contributed by atoms with E-state index in [1.54, 1.807) is 48.9 Å². The molecule has 0 aliphatic heterocycles. The number of rotatable bonds is 11. The number of aromatic amines is 1. The summed E-state index contributed by atoms with van der Waals surface area (Å²) >= 11 is 0. The molecule has 2 aromatic carbocycles. The predicted molar refractivity (Wildman–Crippen MR) is 164 cm³/mol. The monoisotopic (exact) mass is 629 g/mol. The zero-order valence-electron chi connectivity index (χ0n) is 25.2. The zero-order valence-corrected chi connectivity index (χ0v) is 25.2. The van der Waals surface area contributed by atoms with Crippen molar-refractivity contribution in [1.29, 1.82) is 0 Å². The molecular weight excluding hydrogens is 598 g/mol. The lowest BCUT2D eigenvalue weighted by Gasteiger charge is -2.11. The number of carbonyl (C=O) groups is 1. The second kappa shape index (κ2) is 15.1. The van der Waals surface area contributed by atoms with E-state index >= 15 is 0 Å². The molecule has 3 aromatic heterocycles. The summed E-state index contributed by atoms with van der Waals surface area (Å²) in [6, 6.07) is 16.0. The third kappa shape index (κ3) is 9.34. The summed E-state index contributed by atoms with van der Waals surface area (Å²) in [5.41, 5.74) is 5.03. The number of ketones is 1. The molecule has 236 valence electrons. The molecular formula is C34H31F4N7O. The Hall–Kier alpha value is -5.31. The molecule has 1 N–H and O–H groups in total. The van der Waals surface area contributed by atoms with E-state index in [1.807, 2.05) is 6.07 Å². The molecule has 8 nitrogen and oxygen atoms in total. The Balaban J connectivity index is 0.000000209. The number of H-pyrrole nitrogens is 1. The maximum Gasteiger partial charge on any atom is 0.276 e. The highest BCUT2D eigenvalue weighted by atomic mass is 19.3. The van der Waals surface area contributed by atoms with Crippen molar-refractivity contribution in [3.8, 4) is 11.4 Å². The number of tetrazole rings is 1. The smallest absolute Gasteiger partial charge is 0.276 e. The summed E-state index contributed by atoms with van der Waals surface area (Å²) in [6.07, 6.45) is 9.18. The average molecular weight is 630 g/mol. The minimum atomic E-state index is -2.85. The number of pyridine rings is 2. The minimum absolute atomic E-state index is 0.0180. The maximum atomic E-state index is 13.2. The number of hydrogen-bond acceptors (Lipinski definition) is 6. The first kappa shape index (κ1) is 33.6. The molecule has 0 spiro atoms. The van der Waals surface area contributed by atoms with Crippen molar-refractivity contribution in [1.82, 2.24) is 30.6 Å². The SMILES string of the molecule is CC(F)(F)c1ccc(CCc2cnccc2-c2nn[nH]n2)cc1.[C-]#[N+]CC(=O)c1ccncc1CCc1ccc(C(C)(F)F)cc1. The number of Topliss-reactive ketones (excluding diaryl/α,β-unsaturated/α-hetero) is 1. The van der Waals surface area contributed by atoms with E-state index in [2.05, 4.69) is 35.4 Å². The fraction of sp³-hybridized carbons (Fsp3) is 0.265. The lowest BCUT2D eigenvalue weighted by atomic mass is 9.98. The molecule has 0 fully saturated rings. The number of benzene rings is 2. The number of hydrogen-bond donors (Lipinski definition) is 1. The molecule has 0 saturated heterocycles. The summed E-state index contributed by atoms with van der Waals surface area (Å²) in [6.45, 7) is 8.37. The number of aryl methyl sites for hydroxylation is 4. The van der Waals surface area contributed by atoms with Gasteiger partial charge >= 0.3 is 0 Å². The number of alkyl halides is 4. The predicted octanol–water partition coefficient (Wildman–Crippen LogP) is 7.24. The van der Waals surface area contributed by atoms with Crippen LogP contribution in [0, 0.1) is 6.57 Å². The van der Waals surface area contributed by atoms with Crippen molar-refractivity contribution in [2.45, 2.75) is 51.4 Å². The Morgan fingerprint density at radius 1 is 0.761 bits per heavy atom. The van der Waals surface area contributed by atoms with Crippen LogP contribution < -0.4 is 0 Å². The van der Waals surface area contributed by atoms with E-state index in [1.165, 1.54) is 30.5 Å². The molecule has 0 aliphatic rings. The van der Waals surface area contributed by atoms with Gasteiger partial charge in [-0.15, -0.1) is 10.2 Å². The van der Waals surface area contributed by atoms with E-state index in [0.717, 1.165) is 41.7 Å². The van der Waals surface area contributed by atoms with E-state index in [4.69, 9.17) is 6.57 Å². The number of aromatic nitrogens is 6. The first-order chi connectivity index (χ1) is 22.0. The zero-order chi connectivity index (χ0) is 33.2. The molecule has 0 bridgehead atoms. The van der Waals surface area contributed by atoms with Crippen molar-refractivity contribution in [3.63, 3.8) is 0 Å². The van der Waals surface area contributed by atoms with Crippen LogP contribution in [-0.2, 0) is 37.5 Å². The van der Waals surface area contributed by atoms with Crippen molar-refractivity contribution in [2.75, 3.05) is 6.54 Å². The largest absolute Gasteiger partial charge is 0.308 e. The van der Waals surface area contributed by atoms with E-state index in [9.17, 15) is 22.4 Å². The fourth-order valence-electron chi connectivity index (χ4n) is 4.66. The van der Waals surface area contributed by atoms with Gasteiger partial charge in [-0.3, -0.25) is 14.8 Å². The summed E-state index contributed by atoms with van der Waals surface area (Å²) in [5.74, 6) is -5.36. The van der Waals surface area contributed by atoms with Crippen LogP contribution in [0.2, 0.25) is 0 Å². The third-order valence-electron chi connectivity index (χ3n) is 7.20. The van der Waals surface area contributed by atoms with Gasteiger partial charge in [0, 0.05) is 60.9 Å². The second-order valence-electron chi connectivity index (χ2n) is 10.7. The molecule has 5 aromatic rings. The van der Waals surface area contributed by atoms with Crippen molar-refractivity contribution in [3.05, 3.63) is 136 Å². The molecule has 12 heteroatoms. The van der Waals surface area contributed by atoms with Gasteiger partial charge in [-0.2, -0.15) is 5.21 Å². The fourth-order valence-corrected chi connectivity index (χ4v) is 4.66. The van der Waals surface area contributed by atoms with Gasteiger partial charge in [-0.05, 0) is 65.3 Å². The van der Waals surface area contributed by atoms with E-state index < -0.39 is 11.8 Å². The molecule has 0 unspecified atom stereocenters. The Bertz CT molecular complexity index is 1760. The van der Waals surface area contributed by atoms with Crippen LogP contribution in [-0.4, -0.2) is 42.9 Å². The van der Waals surface area contributed by atoms with Crippen LogP contribution >= 0.6 is 0 Å². The van der Waals surface area contributed by atoms with Gasteiger partial charge in [0.2, 0.25) is 11.6 Å². The van der Waals surface area contributed by atoms with Crippen LogP contribution in [0.5, 0.6) is 0 Å². The molecule has 3 heterocycles. The third-order valence-corrected chi connectivity index (χ3v) is 7.20. The first-order valence-electron chi connectivity index (χ1n) is 14.4. The normalized spacial score (nSPS) is 11.3. The highest BCUT2D eigenvalue weighted by molar-refractivity contribution is 5.99. The van der Waals surface area contributed by atoms with Gasteiger partial charge in [0.15, 0.2) is 0 Å². The van der Waals surface area contributed by atoms with Gasteiger partial charge < -0.3 is 4.85 Å². The Kier molecular flexibility index (Phi) is 11.0. The molecule has 0 atom stereocenters. The first-order valence-corrected chi connectivity index (χ1v) is 14.4. The molecule has 0 radical (unpaired) electrons. The van der Waals surface area contributed by atoms with Crippen LogP contribution in [0.3, 0.4) is 0 Å². The van der Waals surface area contributed by atoms with Gasteiger partial charge in [-0.1, -0.05) is 48.5 Å². The Morgan fingerprint density at radius 2 is 1.28 bits per heavy atom. The molecule has 0 saturated carbocycles. The minimum Gasteiger partial charge on any atom is -0.308 e. The van der Waals surface area contributed by atoms with Gasteiger partial charge in [0.25, 0.3) is 18.4 Å². The van der Waals surface area contributed by atoms with Crippen LogP contribution in [0.15, 0.2) is 85.5 Å². The van der Waals surface area contributed by atoms with Crippen molar-refractivity contribution < 1.29 is 22.4 Å². The van der Waals surface area contributed by atoms with Gasteiger partial charge in [0.1, 0.15) is 0 Å². The summed E-state index contributed by atoms with van der Waals surface area (Å²) < 4.78 is 52.8. The van der Waals surface area contributed by atoms with Gasteiger partial charge in [0.05, 0.1) is 0 Å². The number of nitrogens with one attached hydrogen (secondary N) is 1. The van der Waals surface area contributed by atoms with Crippen LogP contribution in [0.1, 0.15) is 57.6 Å². The van der Waals surface area contributed by atoms with E-state index in [-0.39, 0.29) is 23.5 Å². The molecule has 0 aliphatic carbocycles. The number of carbonyl (C=O) groups excluding carboxylic acids is 1. The van der Waals surface area contributed by atoms with E-state index in [0.29, 0.717) is 37.1 Å². The van der Waals surface area contributed by atoms with Crippen LogP contribution in [0.25, 0.3) is 16.2 Å². The summed E-state index contributed by atoms with van der Waals surface area (Å²) in [5, 5.41) is 14.0. The lowest BCUT2D eigenvalue weighted by molar-refractivity contribution is 0.0168. The lowest BCUT2D eigenvalue weighted by Crippen LogP contribution is -2.08. The quantitative estimate of drug-likeness (QED) is 0.0939.